The molecule has 0 saturated carbocycles. The summed E-state index contributed by atoms with van der Waals surface area (Å²) >= 11 is 0. The maximum atomic E-state index is 12.3. The fraction of sp³-hybridized carbons (Fsp3) is 0.0500. The van der Waals surface area contributed by atoms with Crippen molar-refractivity contribution in [2.45, 2.75) is 6.54 Å². The summed E-state index contributed by atoms with van der Waals surface area (Å²) in [5.74, 6) is 0.344. The first-order chi connectivity index (χ1) is 12.3. The van der Waals surface area contributed by atoms with Crippen LogP contribution >= 0.6 is 0 Å². The van der Waals surface area contributed by atoms with Gasteiger partial charge in [0, 0.05) is 17.0 Å². The molecule has 122 valence electrons. The molecule has 4 aromatic rings. The third-order valence-corrected chi connectivity index (χ3v) is 3.88. The zero-order chi connectivity index (χ0) is 17.1. The number of amides is 1. The molecule has 2 aromatic carbocycles. The zero-order valence-electron chi connectivity index (χ0n) is 13.3. The molecule has 0 spiro atoms. The molecular weight excluding hydrogens is 314 g/mol. The molecule has 1 amide bonds. The highest BCUT2D eigenvalue weighted by molar-refractivity contribution is 5.94. The Morgan fingerprint density at radius 1 is 0.960 bits per heavy atom. The van der Waals surface area contributed by atoms with Crippen LogP contribution in [-0.4, -0.2) is 16.0 Å². The van der Waals surface area contributed by atoms with Crippen LogP contribution in [0.1, 0.15) is 16.2 Å². The standard InChI is InChI=1S/C20H15N3O2/c24-20(18-11-10-15-8-4-5-9-17(15)22-18)21-13-16-12-19(23-25-16)14-6-2-1-3-7-14/h1-12H,13H2,(H,21,24). The molecule has 0 aliphatic rings. The van der Waals surface area contributed by atoms with Crippen LogP contribution < -0.4 is 5.32 Å². The van der Waals surface area contributed by atoms with Gasteiger partial charge in [0.25, 0.3) is 5.91 Å². The van der Waals surface area contributed by atoms with Crippen LogP contribution in [0.5, 0.6) is 0 Å². The van der Waals surface area contributed by atoms with Crippen molar-refractivity contribution in [1.29, 1.82) is 0 Å². The SMILES string of the molecule is O=C(NCc1cc(-c2ccccc2)no1)c1ccc2ccccc2n1. The normalized spacial score (nSPS) is 10.7. The Morgan fingerprint density at radius 3 is 2.64 bits per heavy atom. The minimum Gasteiger partial charge on any atom is -0.359 e. The molecule has 0 aliphatic carbocycles. The fourth-order valence-electron chi connectivity index (χ4n) is 2.59. The Kier molecular flexibility index (Phi) is 3.96. The second-order valence-corrected chi connectivity index (χ2v) is 5.62. The molecule has 0 saturated heterocycles. The van der Waals surface area contributed by atoms with Gasteiger partial charge < -0.3 is 9.84 Å². The Hall–Kier alpha value is -3.47. The molecule has 2 heterocycles. The summed E-state index contributed by atoms with van der Waals surface area (Å²) in [6, 6.07) is 22.9. The van der Waals surface area contributed by atoms with E-state index in [1.54, 1.807) is 6.07 Å². The van der Waals surface area contributed by atoms with Gasteiger partial charge in [0.05, 0.1) is 12.1 Å². The molecule has 5 nitrogen and oxygen atoms in total. The first-order valence-corrected chi connectivity index (χ1v) is 7.94. The van der Waals surface area contributed by atoms with Crippen molar-refractivity contribution in [3.05, 3.63) is 84.3 Å². The number of nitrogens with one attached hydrogen (secondary N) is 1. The van der Waals surface area contributed by atoms with E-state index in [4.69, 9.17) is 4.52 Å². The molecule has 1 N–H and O–H groups in total. The van der Waals surface area contributed by atoms with Gasteiger partial charge in [0.15, 0.2) is 5.76 Å². The quantitative estimate of drug-likeness (QED) is 0.618. The minimum atomic E-state index is -0.247. The lowest BCUT2D eigenvalue weighted by Gasteiger charge is -2.03. The number of aromatic nitrogens is 2. The van der Waals surface area contributed by atoms with Gasteiger partial charge in [-0.3, -0.25) is 4.79 Å². The van der Waals surface area contributed by atoms with E-state index < -0.39 is 0 Å². The van der Waals surface area contributed by atoms with E-state index in [-0.39, 0.29) is 12.5 Å². The fourth-order valence-corrected chi connectivity index (χ4v) is 2.59. The van der Waals surface area contributed by atoms with Crippen molar-refractivity contribution < 1.29 is 9.32 Å². The highest BCUT2D eigenvalue weighted by Crippen LogP contribution is 2.18. The molecular formula is C20H15N3O2. The smallest absolute Gasteiger partial charge is 0.270 e. The Balaban J connectivity index is 1.45. The van der Waals surface area contributed by atoms with E-state index in [1.807, 2.05) is 66.7 Å². The molecule has 5 heteroatoms. The molecule has 0 radical (unpaired) electrons. The summed E-state index contributed by atoms with van der Waals surface area (Å²) in [7, 11) is 0. The number of fused-ring (bicyclic) bond motifs is 1. The predicted molar refractivity (Wildman–Crippen MR) is 94.9 cm³/mol. The number of pyridine rings is 1. The van der Waals surface area contributed by atoms with Crippen LogP contribution in [0.25, 0.3) is 22.2 Å². The maximum absolute atomic E-state index is 12.3. The monoisotopic (exact) mass is 329 g/mol. The summed E-state index contributed by atoms with van der Waals surface area (Å²) < 4.78 is 5.29. The largest absolute Gasteiger partial charge is 0.359 e. The lowest BCUT2D eigenvalue weighted by molar-refractivity contribution is 0.0942. The Morgan fingerprint density at radius 2 is 1.76 bits per heavy atom. The van der Waals surface area contributed by atoms with Crippen molar-refractivity contribution in [3.8, 4) is 11.3 Å². The van der Waals surface area contributed by atoms with Gasteiger partial charge in [0.1, 0.15) is 11.4 Å². The van der Waals surface area contributed by atoms with Gasteiger partial charge in [-0.05, 0) is 12.1 Å². The average molecular weight is 329 g/mol. The zero-order valence-corrected chi connectivity index (χ0v) is 13.3. The molecule has 0 aliphatic heterocycles. The molecule has 0 bridgehead atoms. The number of nitrogens with zero attached hydrogens (tertiary/aromatic N) is 2. The molecule has 2 aromatic heterocycles. The van der Waals surface area contributed by atoms with Gasteiger partial charge in [-0.15, -0.1) is 0 Å². The molecule has 0 fully saturated rings. The van der Waals surface area contributed by atoms with Crippen molar-refractivity contribution in [1.82, 2.24) is 15.5 Å². The molecule has 0 unspecified atom stereocenters. The predicted octanol–water partition coefficient (Wildman–Crippen LogP) is 3.82. The van der Waals surface area contributed by atoms with E-state index in [0.717, 1.165) is 22.2 Å². The minimum absolute atomic E-state index is 0.247. The van der Waals surface area contributed by atoms with E-state index >= 15 is 0 Å². The van der Waals surface area contributed by atoms with Crippen LogP contribution in [0.2, 0.25) is 0 Å². The third kappa shape index (κ3) is 3.26. The summed E-state index contributed by atoms with van der Waals surface area (Å²) in [6.07, 6.45) is 0. The van der Waals surface area contributed by atoms with E-state index in [9.17, 15) is 4.79 Å². The van der Waals surface area contributed by atoms with E-state index in [2.05, 4.69) is 15.5 Å². The van der Waals surface area contributed by atoms with Crippen molar-refractivity contribution >= 4 is 16.8 Å². The van der Waals surface area contributed by atoms with E-state index in [0.29, 0.717) is 11.5 Å². The van der Waals surface area contributed by atoms with Crippen molar-refractivity contribution in [2.75, 3.05) is 0 Å². The summed E-state index contributed by atoms with van der Waals surface area (Å²) in [5, 5.41) is 7.85. The summed E-state index contributed by atoms with van der Waals surface area (Å²) in [6.45, 7) is 0.257. The molecule has 4 rings (SSSR count). The number of carbonyl (C=O) groups excluding carboxylic acids is 1. The second kappa shape index (κ2) is 6.57. The van der Waals surface area contributed by atoms with Crippen LogP contribution in [0, 0.1) is 0 Å². The highest BCUT2D eigenvalue weighted by atomic mass is 16.5. The summed E-state index contributed by atoms with van der Waals surface area (Å²) in [4.78, 5) is 16.7. The lowest BCUT2D eigenvalue weighted by atomic mass is 10.1. The number of carbonyl (C=O) groups is 1. The second-order valence-electron chi connectivity index (χ2n) is 5.62. The Labute approximate surface area is 144 Å². The van der Waals surface area contributed by atoms with E-state index in [1.165, 1.54) is 0 Å². The van der Waals surface area contributed by atoms with Gasteiger partial charge in [0.2, 0.25) is 0 Å². The average Bonchev–Trinajstić information content (AvgIpc) is 3.15. The molecule has 25 heavy (non-hydrogen) atoms. The number of para-hydroxylation sites is 1. The number of hydrogen-bond donors (Lipinski definition) is 1. The summed E-state index contributed by atoms with van der Waals surface area (Å²) in [5.41, 5.74) is 2.89. The van der Waals surface area contributed by atoms with Crippen molar-refractivity contribution in [3.63, 3.8) is 0 Å². The topological polar surface area (TPSA) is 68.0 Å². The van der Waals surface area contributed by atoms with Crippen LogP contribution in [-0.2, 0) is 6.54 Å². The van der Waals surface area contributed by atoms with Gasteiger partial charge in [-0.25, -0.2) is 4.98 Å². The number of rotatable bonds is 4. The van der Waals surface area contributed by atoms with Crippen LogP contribution in [0.4, 0.5) is 0 Å². The first kappa shape index (κ1) is 15.1. The third-order valence-electron chi connectivity index (χ3n) is 3.88. The van der Waals surface area contributed by atoms with Crippen LogP contribution in [0.15, 0.2) is 77.3 Å². The highest BCUT2D eigenvalue weighted by Gasteiger charge is 2.11. The lowest BCUT2D eigenvalue weighted by Crippen LogP contribution is -2.23. The molecule has 0 atom stereocenters. The van der Waals surface area contributed by atoms with Gasteiger partial charge in [-0.2, -0.15) is 0 Å². The maximum Gasteiger partial charge on any atom is 0.270 e. The van der Waals surface area contributed by atoms with Crippen molar-refractivity contribution in [2.24, 2.45) is 0 Å². The first-order valence-electron chi connectivity index (χ1n) is 7.94. The number of hydrogen-bond acceptors (Lipinski definition) is 4. The number of benzene rings is 2. The Bertz CT molecular complexity index is 1030. The van der Waals surface area contributed by atoms with Gasteiger partial charge in [-0.1, -0.05) is 59.8 Å². The van der Waals surface area contributed by atoms with Gasteiger partial charge >= 0.3 is 0 Å². The van der Waals surface area contributed by atoms with Crippen LogP contribution in [0.3, 0.4) is 0 Å².